The summed E-state index contributed by atoms with van der Waals surface area (Å²) in [7, 11) is -1.38. The zero-order chi connectivity index (χ0) is 29.1. The van der Waals surface area contributed by atoms with Gasteiger partial charge in [-0.2, -0.15) is 0 Å². The van der Waals surface area contributed by atoms with Gasteiger partial charge in [0.2, 0.25) is 0 Å². The first-order chi connectivity index (χ1) is 19.7. The highest BCUT2D eigenvalue weighted by Gasteiger charge is 2.40. The fraction of sp³-hybridized carbons (Fsp3) is 0.281. The Morgan fingerprint density at radius 3 is 2.54 bits per heavy atom. The van der Waals surface area contributed by atoms with Gasteiger partial charge in [-0.25, -0.2) is 17.9 Å². The summed E-state index contributed by atoms with van der Waals surface area (Å²) in [6.45, 7) is 6.21. The van der Waals surface area contributed by atoms with Crippen LogP contribution in [-0.4, -0.2) is 40.8 Å². The maximum Gasteiger partial charge on any atom is 0.270 e. The number of fused-ring (bicyclic) bond motifs is 1. The van der Waals surface area contributed by atoms with Crippen molar-refractivity contribution < 1.29 is 18.5 Å². The molecular formula is C32H33FN4O3S. The number of halogens is 1. The third-order valence-electron chi connectivity index (χ3n) is 7.00. The van der Waals surface area contributed by atoms with Crippen LogP contribution >= 0.6 is 0 Å². The summed E-state index contributed by atoms with van der Waals surface area (Å²) >= 11 is 0. The van der Waals surface area contributed by atoms with Crippen molar-refractivity contribution in [3.05, 3.63) is 107 Å². The molecule has 0 aliphatic carbocycles. The Bertz CT molecular complexity index is 1590. The zero-order valence-electron chi connectivity index (χ0n) is 23.3. The molecule has 212 valence electrons. The average Bonchev–Trinajstić information content (AvgIpc) is 3.33. The van der Waals surface area contributed by atoms with E-state index in [-0.39, 0.29) is 36.6 Å². The molecule has 7 nitrogen and oxygen atoms in total. The molecule has 9 heteroatoms. The summed E-state index contributed by atoms with van der Waals surface area (Å²) in [4.78, 5) is 22.5. The van der Waals surface area contributed by atoms with Crippen LogP contribution in [0.2, 0.25) is 0 Å². The minimum Gasteiger partial charge on any atom is -0.396 e. The number of carbonyl (C=O) groups excluding carboxylic acids is 1. The number of aliphatic hydroxyl groups excluding tert-OH is 1. The van der Waals surface area contributed by atoms with E-state index in [4.69, 9.17) is 4.98 Å². The van der Waals surface area contributed by atoms with Gasteiger partial charge in [0.1, 0.15) is 22.5 Å². The highest BCUT2D eigenvalue weighted by Crippen LogP contribution is 2.44. The van der Waals surface area contributed by atoms with Crippen molar-refractivity contribution in [1.82, 2.24) is 19.6 Å². The molecule has 41 heavy (non-hydrogen) atoms. The lowest BCUT2D eigenvalue weighted by atomic mass is 9.94. The van der Waals surface area contributed by atoms with Gasteiger partial charge in [0.25, 0.3) is 5.91 Å². The molecule has 0 spiro atoms. The van der Waals surface area contributed by atoms with E-state index in [2.05, 4.69) is 10.3 Å². The highest BCUT2D eigenvalue weighted by molar-refractivity contribution is 7.84. The van der Waals surface area contributed by atoms with Crippen LogP contribution in [0.5, 0.6) is 0 Å². The van der Waals surface area contributed by atoms with Gasteiger partial charge in [-0.05, 0) is 68.7 Å². The number of benzene rings is 2. The van der Waals surface area contributed by atoms with Crippen molar-refractivity contribution in [2.75, 3.05) is 6.61 Å². The fourth-order valence-corrected chi connectivity index (χ4v) is 6.50. The van der Waals surface area contributed by atoms with E-state index in [1.807, 2.05) is 67.5 Å². The van der Waals surface area contributed by atoms with E-state index < -0.39 is 15.7 Å². The van der Waals surface area contributed by atoms with Gasteiger partial charge >= 0.3 is 0 Å². The van der Waals surface area contributed by atoms with Crippen molar-refractivity contribution >= 4 is 16.9 Å². The van der Waals surface area contributed by atoms with E-state index in [9.17, 15) is 18.5 Å². The lowest BCUT2D eigenvalue weighted by molar-refractivity contribution is 0.0945. The Kier molecular flexibility index (Phi) is 8.40. The summed E-state index contributed by atoms with van der Waals surface area (Å²) < 4.78 is 29.7. The smallest absolute Gasteiger partial charge is 0.270 e. The molecule has 1 aliphatic heterocycles. The fourth-order valence-electron chi connectivity index (χ4n) is 5.10. The van der Waals surface area contributed by atoms with E-state index in [1.54, 1.807) is 30.5 Å². The Morgan fingerprint density at radius 1 is 1.07 bits per heavy atom. The molecular weight excluding hydrogens is 539 g/mol. The van der Waals surface area contributed by atoms with Crippen LogP contribution in [0.15, 0.2) is 79.0 Å². The van der Waals surface area contributed by atoms with E-state index >= 15 is 0 Å². The van der Waals surface area contributed by atoms with Crippen molar-refractivity contribution in [1.29, 1.82) is 0 Å². The van der Waals surface area contributed by atoms with Gasteiger partial charge in [0, 0.05) is 36.0 Å². The number of pyridine rings is 2. The molecule has 2 N–H and O–H groups in total. The molecule has 3 heterocycles. The second kappa shape index (κ2) is 12.0. The maximum absolute atomic E-state index is 14.7. The molecule has 0 radical (unpaired) electrons. The number of hydrogen-bond acceptors (Lipinski definition) is 5. The van der Waals surface area contributed by atoms with Crippen molar-refractivity contribution in [2.45, 2.75) is 51.1 Å². The van der Waals surface area contributed by atoms with Gasteiger partial charge < -0.3 is 10.4 Å². The first kappa shape index (κ1) is 28.7. The molecule has 2 aromatic heterocycles. The summed E-state index contributed by atoms with van der Waals surface area (Å²) in [6.07, 6.45) is 2.02. The van der Waals surface area contributed by atoms with E-state index in [0.29, 0.717) is 35.3 Å². The first-order valence-electron chi connectivity index (χ1n) is 13.5. The molecule has 0 fully saturated rings. The number of rotatable bonds is 8. The van der Waals surface area contributed by atoms with Crippen LogP contribution in [-0.2, 0) is 24.1 Å². The number of carbonyl (C=O) groups is 1. The minimum absolute atomic E-state index is 0.108. The first-order valence-corrected chi connectivity index (χ1v) is 14.6. The SMILES string of the molecule is CC(C)(C)[S@](=O)N1Cc2cc(C(=O)NCc3ccccn3)nc(-c3cccc(-c4ccccc4F)c3)c2[C@@H]1CCO. The number of amides is 1. The van der Waals surface area contributed by atoms with Crippen molar-refractivity contribution in [3.8, 4) is 22.4 Å². The van der Waals surface area contributed by atoms with Gasteiger partial charge in [-0.3, -0.25) is 9.78 Å². The third-order valence-corrected chi connectivity index (χ3v) is 8.86. The van der Waals surface area contributed by atoms with Crippen molar-refractivity contribution in [3.63, 3.8) is 0 Å². The Labute approximate surface area is 242 Å². The second-order valence-corrected chi connectivity index (χ2v) is 13.2. The molecule has 0 bridgehead atoms. The van der Waals surface area contributed by atoms with E-state index in [0.717, 1.165) is 16.8 Å². The van der Waals surface area contributed by atoms with Crippen LogP contribution in [0.25, 0.3) is 22.4 Å². The molecule has 5 rings (SSSR count). The number of nitrogens with zero attached hydrogens (tertiary/aromatic N) is 3. The molecule has 2 aromatic carbocycles. The van der Waals surface area contributed by atoms with Crippen LogP contribution in [0, 0.1) is 5.82 Å². The third kappa shape index (κ3) is 6.12. The summed E-state index contributed by atoms with van der Waals surface area (Å²) in [5, 5.41) is 12.9. The van der Waals surface area contributed by atoms with Gasteiger partial charge in [-0.1, -0.05) is 42.5 Å². The molecule has 1 aliphatic rings. The normalized spacial score (nSPS) is 15.9. The zero-order valence-corrected chi connectivity index (χ0v) is 24.1. The largest absolute Gasteiger partial charge is 0.396 e. The predicted octanol–water partition coefficient (Wildman–Crippen LogP) is 5.58. The van der Waals surface area contributed by atoms with Gasteiger partial charge in [-0.15, -0.1) is 0 Å². The summed E-state index contributed by atoms with van der Waals surface area (Å²) in [5.41, 5.74) is 4.97. The van der Waals surface area contributed by atoms with E-state index in [1.165, 1.54) is 6.07 Å². The molecule has 2 atom stereocenters. The lowest BCUT2D eigenvalue weighted by Gasteiger charge is -2.30. The van der Waals surface area contributed by atoms with Crippen LogP contribution in [0.4, 0.5) is 4.39 Å². The number of aliphatic hydroxyl groups is 1. The van der Waals surface area contributed by atoms with Gasteiger partial charge in [0.05, 0.1) is 28.7 Å². The lowest BCUT2D eigenvalue weighted by Crippen LogP contribution is -2.36. The van der Waals surface area contributed by atoms with Crippen molar-refractivity contribution in [2.24, 2.45) is 0 Å². The number of hydrogen-bond donors (Lipinski definition) is 2. The Balaban J connectivity index is 1.62. The quantitative estimate of drug-likeness (QED) is 0.287. The second-order valence-electron chi connectivity index (χ2n) is 11.0. The summed E-state index contributed by atoms with van der Waals surface area (Å²) in [5.74, 6) is -0.700. The minimum atomic E-state index is -1.38. The van der Waals surface area contributed by atoms with Gasteiger partial charge in [0.15, 0.2) is 0 Å². The van der Waals surface area contributed by atoms with Crippen LogP contribution in [0.3, 0.4) is 0 Å². The Morgan fingerprint density at radius 2 is 1.83 bits per heavy atom. The highest BCUT2D eigenvalue weighted by atomic mass is 32.2. The number of nitrogens with one attached hydrogen (secondary N) is 1. The molecule has 0 saturated heterocycles. The van der Waals surface area contributed by atoms with Crippen LogP contribution in [0.1, 0.15) is 60.5 Å². The molecule has 0 saturated carbocycles. The number of aromatic nitrogens is 2. The predicted molar refractivity (Wildman–Crippen MR) is 158 cm³/mol. The van der Waals surface area contributed by atoms with Crippen LogP contribution < -0.4 is 5.32 Å². The standard InChI is InChI=1S/C32H33FN4O3S/c1-32(2,3)41(40)37-20-23-18-27(31(39)35-19-24-11-6-7-15-34-24)36-30(29(23)28(37)14-16-38)22-10-8-9-21(17-22)25-12-4-5-13-26(25)33/h4-13,15,17-18,28,38H,14,16,19-20H2,1-3H3,(H,35,39)/t28-,41-/m0/s1. The molecule has 1 amide bonds. The monoisotopic (exact) mass is 572 g/mol. The summed E-state index contributed by atoms with van der Waals surface area (Å²) in [6, 6.07) is 20.8. The molecule has 0 unspecified atom stereocenters. The topological polar surface area (TPSA) is 95.4 Å². The average molecular weight is 573 g/mol. The maximum atomic E-state index is 14.7. The Hall–Kier alpha value is -3.79. The molecule has 4 aromatic rings.